The van der Waals surface area contributed by atoms with E-state index in [0.29, 0.717) is 17.5 Å². The van der Waals surface area contributed by atoms with Crippen LogP contribution >= 0.6 is 0 Å². The lowest BCUT2D eigenvalue weighted by Crippen LogP contribution is -2.02. The Labute approximate surface area is 333 Å². The Morgan fingerprint density at radius 3 is 1.45 bits per heavy atom. The summed E-state index contributed by atoms with van der Waals surface area (Å²) in [6.45, 7) is 0. The van der Waals surface area contributed by atoms with E-state index in [1.165, 1.54) is 32.3 Å². The summed E-state index contributed by atoms with van der Waals surface area (Å²) in [5, 5.41) is 9.44. The van der Waals surface area contributed by atoms with Gasteiger partial charge >= 0.3 is 0 Å². The fourth-order valence-corrected chi connectivity index (χ4v) is 8.58. The number of fused-ring (bicyclic) bond motifs is 8. The van der Waals surface area contributed by atoms with Gasteiger partial charge in [0.15, 0.2) is 17.5 Å². The van der Waals surface area contributed by atoms with Gasteiger partial charge in [0, 0.05) is 43.8 Å². The highest BCUT2D eigenvalue weighted by Gasteiger charge is 2.20. The number of nitrogens with zero attached hydrogens (tertiary/aromatic N) is 4. The van der Waals surface area contributed by atoms with Crippen molar-refractivity contribution < 1.29 is 4.42 Å². The van der Waals surface area contributed by atoms with Crippen molar-refractivity contribution in [2.75, 3.05) is 0 Å². The molecule has 12 rings (SSSR count). The van der Waals surface area contributed by atoms with Crippen molar-refractivity contribution in [3.63, 3.8) is 0 Å². The number of benzene rings is 9. The molecule has 0 saturated carbocycles. The van der Waals surface area contributed by atoms with Gasteiger partial charge in [-0.15, -0.1) is 0 Å². The molecule has 0 atom stereocenters. The van der Waals surface area contributed by atoms with Crippen LogP contribution < -0.4 is 0 Å². The largest absolute Gasteiger partial charge is 0.456 e. The predicted molar refractivity (Wildman–Crippen MR) is 238 cm³/mol. The predicted octanol–water partition coefficient (Wildman–Crippen LogP) is 13.8. The van der Waals surface area contributed by atoms with Gasteiger partial charge in [-0.25, -0.2) is 15.0 Å². The Hall–Kier alpha value is -7.89. The van der Waals surface area contributed by atoms with Crippen LogP contribution in [0.25, 0.3) is 116 Å². The molecule has 0 fully saturated rings. The van der Waals surface area contributed by atoms with E-state index in [1.807, 2.05) is 54.6 Å². The molecule has 0 saturated heterocycles. The molecule has 5 heteroatoms. The number of para-hydroxylation sites is 1. The summed E-state index contributed by atoms with van der Waals surface area (Å²) in [6, 6.07) is 68.3. The molecule has 0 aliphatic rings. The van der Waals surface area contributed by atoms with Gasteiger partial charge in [0.2, 0.25) is 0 Å². The molecule has 12 aromatic rings. The summed E-state index contributed by atoms with van der Waals surface area (Å²) in [7, 11) is 0. The van der Waals surface area contributed by atoms with E-state index in [-0.39, 0.29) is 0 Å². The van der Waals surface area contributed by atoms with Crippen LogP contribution in [-0.2, 0) is 0 Å². The Morgan fingerprint density at radius 2 is 0.810 bits per heavy atom. The van der Waals surface area contributed by atoms with E-state index in [0.717, 1.165) is 66.5 Å². The summed E-state index contributed by atoms with van der Waals surface area (Å²) in [5.74, 6) is 1.78. The van der Waals surface area contributed by atoms with E-state index in [1.54, 1.807) is 0 Å². The molecule has 58 heavy (non-hydrogen) atoms. The van der Waals surface area contributed by atoms with Crippen LogP contribution in [0.3, 0.4) is 0 Å². The molecule has 9 aromatic carbocycles. The molecular formula is C53H32N4O. The zero-order chi connectivity index (χ0) is 38.2. The minimum atomic E-state index is 0.581. The summed E-state index contributed by atoms with van der Waals surface area (Å²) < 4.78 is 8.73. The highest BCUT2D eigenvalue weighted by Crippen LogP contribution is 2.41. The van der Waals surface area contributed by atoms with Crippen LogP contribution in [0.5, 0.6) is 0 Å². The molecule has 5 nitrogen and oxygen atoms in total. The number of hydrogen-bond acceptors (Lipinski definition) is 4. The third kappa shape index (κ3) is 5.21. The van der Waals surface area contributed by atoms with Gasteiger partial charge in [-0.1, -0.05) is 133 Å². The van der Waals surface area contributed by atoms with Gasteiger partial charge in [-0.3, -0.25) is 0 Å². The third-order valence-corrected chi connectivity index (χ3v) is 11.4. The van der Waals surface area contributed by atoms with Gasteiger partial charge in [0.1, 0.15) is 11.2 Å². The van der Waals surface area contributed by atoms with Crippen LogP contribution in [0.2, 0.25) is 0 Å². The monoisotopic (exact) mass is 740 g/mol. The minimum absolute atomic E-state index is 0.581. The first-order valence-corrected chi connectivity index (χ1v) is 19.5. The Morgan fingerprint density at radius 1 is 0.328 bits per heavy atom. The Kier molecular flexibility index (Phi) is 7.16. The van der Waals surface area contributed by atoms with Crippen LogP contribution in [0.1, 0.15) is 0 Å². The molecule has 270 valence electrons. The molecule has 0 spiro atoms. The fraction of sp³-hybridized carbons (Fsp3) is 0. The Balaban J connectivity index is 1.10. The SMILES string of the molecule is c1ccc(-c2nc(-c3ccc(-n4c5cc6ccccc6cc5c5cc6ccccc6cc54)c(-c4ccccc4)c3)nc(-c3ccc4c(c3)oc3ccccc34)n2)cc1. The van der Waals surface area contributed by atoms with E-state index in [4.69, 9.17) is 19.4 Å². The first-order valence-electron chi connectivity index (χ1n) is 19.5. The van der Waals surface area contributed by atoms with E-state index >= 15 is 0 Å². The second-order valence-corrected chi connectivity index (χ2v) is 14.8. The molecule has 3 heterocycles. The molecule has 0 aliphatic carbocycles. The first kappa shape index (κ1) is 32.4. The number of rotatable bonds is 5. The first-order chi connectivity index (χ1) is 28.7. The van der Waals surface area contributed by atoms with Crippen molar-refractivity contribution in [3.8, 4) is 51.0 Å². The van der Waals surface area contributed by atoms with Gasteiger partial charge in [0.05, 0.1) is 16.7 Å². The van der Waals surface area contributed by atoms with Crippen molar-refractivity contribution in [1.29, 1.82) is 0 Å². The van der Waals surface area contributed by atoms with Crippen molar-refractivity contribution in [2.24, 2.45) is 0 Å². The topological polar surface area (TPSA) is 56.7 Å². The summed E-state index contributed by atoms with van der Waals surface area (Å²) in [6.07, 6.45) is 0. The van der Waals surface area contributed by atoms with Crippen molar-refractivity contribution in [3.05, 3.63) is 194 Å². The van der Waals surface area contributed by atoms with Gasteiger partial charge in [-0.05, 0) is 87.8 Å². The number of hydrogen-bond donors (Lipinski definition) is 0. The van der Waals surface area contributed by atoms with Crippen LogP contribution in [0.15, 0.2) is 199 Å². The molecule has 0 aliphatic heterocycles. The van der Waals surface area contributed by atoms with Gasteiger partial charge < -0.3 is 8.98 Å². The molecule has 3 aromatic heterocycles. The Bertz CT molecular complexity index is 3470. The van der Waals surface area contributed by atoms with E-state index in [9.17, 15) is 0 Å². The maximum absolute atomic E-state index is 6.29. The minimum Gasteiger partial charge on any atom is -0.456 e. The average molecular weight is 741 g/mol. The lowest BCUT2D eigenvalue weighted by atomic mass is 9.99. The molecule has 0 N–H and O–H groups in total. The second-order valence-electron chi connectivity index (χ2n) is 14.8. The zero-order valence-electron chi connectivity index (χ0n) is 31.2. The standard InChI is InChI=1S/C53H32N4O/c1-3-13-33(14-4-1)43-29-39(24-26-46(43)57-47-30-37-19-9-7-17-35(37)27-44(47)45-28-36-18-8-10-20-38(36)31-48(45)57)52-54-51(34-15-5-2-6-16-34)55-53(56-52)40-23-25-42-41-21-11-12-22-49(41)58-50(42)32-40/h1-32H. The number of furan rings is 1. The van der Waals surface area contributed by atoms with Crippen LogP contribution in [0, 0.1) is 0 Å². The molecule has 0 radical (unpaired) electrons. The summed E-state index contributed by atoms with van der Waals surface area (Å²) >= 11 is 0. The van der Waals surface area contributed by atoms with Crippen LogP contribution in [0.4, 0.5) is 0 Å². The maximum Gasteiger partial charge on any atom is 0.164 e. The van der Waals surface area contributed by atoms with Crippen LogP contribution in [-0.4, -0.2) is 19.5 Å². The van der Waals surface area contributed by atoms with Gasteiger partial charge in [-0.2, -0.15) is 0 Å². The van der Waals surface area contributed by atoms with Crippen molar-refractivity contribution in [2.45, 2.75) is 0 Å². The highest BCUT2D eigenvalue weighted by atomic mass is 16.3. The van der Waals surface area contributed by atoms with E-state index < -0.39 is 0 Å². The normalized spacial score (nSPS) is 11.8. The molecule has 0 unspecified atom stereocenters. The highest BCUT2D eigenvalue weighted by molar-refractivity contribution is 6.17. The molecule has 0 amide bonds. The summed E-state index contributed by atoms with van der Waals surface area (Å²) in [4.78, 5) is 15.4. The fourth-order valence-electron chi connectivity index (χ4n) is 8.58. The van der Waals surface area contributed by atoms with E-state index in [2.05, 4.69) is 144 Å². The smallest absolute Gasteiger partial charge is 0.164 e. The zero-order valence-corrected chi connectivity index (χ0v) is 31.2. The number of aromatic nitrogens is 4. The quantitative estimate of drug-likeness (QED) is 0.176. The summed E-state index contributed by atoms with van der Waals surface area (Å²) in [5.41, 5.74) is 9.89. The second kappa shape index (κ2) is 12.8. The van der Waals surface area contributed by atoms with Crippen molar-refractivity contribution in [1.82, 2.24) is 19.5 Å². The third-order valence-electron chi connectivity index (χ3n) is 11.4. The lowest BCUT2D eigenvalue weighted by Gasteiger charge is -2.16. The molecular weight excluding hydrogens is 709 g/mol. The molecule has 0 bridgehead atoms. The van der Waals surface area contributed by atoms with Gasteiger partial charge in [0.25, 0.3) is 0 Å². The lowest BCUT2D eigenvalue weighted by molar-refractivity contribution is 0.669. The maximum atomic E-state index is 6.29. The van der Waals surface area contributed by atoms with Crippen molar-refractivity contribution >= 4 is 65.3 Å². The average Bonchev–Trinajstić information content (AvgIpc) is 3.81.